The molecule has 1 N–H and O–H groups in total. The Kier molecular flexibility index (Phi) is 4.75. The summed E-state index contributed by atoms with van der Waals surface area (Å²) >= 11 is 0. The van der Waals surface area contributed by atoms with Gasteiger partial charge >= 0.3 is 0 Å². The first-order chi connectivity index (χ1) is 9.08. The van der Waals surface area contributed by atoms with Crippen LogP contribution in [0.1, 0.15) is 57.0 Å². The minimum absolute atomic E-state index is 0.233. The maximum Gasteiger partial charge on any atom is 0.217 e. The number of hydrogen-bond donors (Lipinski definition) is 1. The normalized spacial score (nSPS) is 23.6. The second-order valence-corrected chi connectivity index (χ2v) is 5.80. The predicted molar refractivity (Wildman–Crippen MR) is 74.3 cm³/mol. The van der Waals surface area contributed by atoms with Gasteiger partial charge in [0.25, 0.3) is 0 Å². The lowest BCUT2D eigenvalue weighted by molar-refractivity contribution is 0.100. The fourth-order valence-corrected chi connectivity index (χ4v) is 2.48. The Morgan fingerprint density at radius 1 is 1.26 bits per heavy atom. The zero-order valence-corrected chi connectivity index (χ0v) is 12.1. The number of nitrogens with zero attached hydrogens (tertiary/aromatic N) is 2. The van der Waals surface area contributed by atoms with E-state index in [1.54, 1.807) is 0 Å². The van der Waals surface area contributed by atoms with Crippen LogP contribution in [0.25, 0.3) is 0 Å². The summed E-state index contributed by atoms with van der Waals surface area (Å²) < 4.78 is 5.99. The maximum absolute atomic E-state index is 9.14. The number of aliphatic hydroxyl groups excluding tert-OH is 1. The van der Waals surface area contributed by atoms with Crippen LogP contribution >= 0.6 is 0 Å². The lowest BCUT2D eigenvalue weighted by atomic mass is 9.88. The number of hydrogen-bond acceptors (Lipinski definition) is 4. The minimum atomic E-state index is 0.233. The van der Waals surface area contributed by atoms with Gasteiger partial charge in [-0.1, -0.05) is 13.8 Å². The van der Waals surface area contributed by atoms with E-state index in [0.717, 1.165) is 37.2 Å². The lowest BCUT2D eigenvalue weighted by Crippen LogP contribution is -2.26. The van der Waals surface area contributed by atoms with Crippen LogP contribution < -0.4 is 4.74 Å². The number of aromatic nitrogens is 2. The zero-order valence-electron chi connectivity index (χ0n) is 12.1. The van der Waals surface area contributed by atoms with E-state index >= 15 is 0 Å². The fraction of sp³-hybridized carbons (Fsp3) is 0.733. The molecule has 0 bridgehead atoms. The smallest absolute Gasteiger partial charge is 0.217 e. The second kappa shape index (κ2) is 6.33. The standard InChI is InChI=1S/C15H24N2O2/c1-10(2)15-16-11(3)8-14(17-15)19-13-6-4-12(9-18)5-7-13/h8,10,12-13,18H,4-7,9H2,1-3H3. The van der Waals surface area contributed by atoms with Crippen molar-refractivity contribution in [2.75, 3.05) is 6.61 Å². The topological polar surface area (TPSA) is 55.2 Å². The van der Waals surface area contributed by atoms with Crippen molar-refractivity contribution >= 4 is 0 Å². The molecule has 1 saturated carbocycles. The van der Waals surface area contributed by atoms with Gasteiger partial charge in [0.1, 0.15) is 11.9 Å². The minimum Gasteiger partial charge on any atom is -0.474 e. The maximum atomic E-state index is 9.14. The molecule has 106 valence electrons. The van der Waals surface area contributed by atoms with Gasteiger partial charge in [-0.3, -0.25) is 0 Å². The molecule has 0 unspecified atom stereocenters. The van der Waals surface area contributed by atoms with E-state index in [-0.39, 0.29) is 6.10 Å². The highest BCUT2D eigenvalue weighted by Gasteiger charge is 2.22. The highest BCUT2D eigenvalue weighted by atomic mass is 16.5. The molecule has 0 amide bonds. The Morgan fingerprint density at radius 3 is 2.53 bits per heavy atom. The first-order valence-electron chi connectivity index (χ1n) is 7.21. The van der Waals surface area contributed by atoms with E-state index in [1.165, 1.54) is 0 Å². The molecule has 1 aromatic heterocycles. The fourth-order valence-electron chi connectivity index (χ4n) is 2.48. The second-order valence-electron chi connectivity index (χ2n) is 5.80. The van der Waals surface area contributed by atoms with Crippen LogP contribution in [-0.2, 0) is 0 Å². The average molecular weight is 264 g/mol. The van der Waals surface area contributed by atoms with Crippen LogP contribution in [0.5, 0.6) is 5.88 Å². The molecule has 4 heteroatoms. The molecule has 4 nitrogen and oxygen atoms in total. The number of ether oxygens (including phenoxy) is 1. The van der Waals surface area contributed by atoms with Crippen molar-refractivity contribution in [2.45, 2.75) is 58.5 Å². The molecule has 0 aromatic carbocycles. The molecule has 19 heavy (non-hydrogen) atoms. The van der Waals surface area contributed by atoms with Gasteiger partial charge in [-0.05, 0) is 38.5 Å². The van der Waals surface area contributed by atoms with Crippen molar-refractivity contribution in [3.8, 4) is 5.88 Å². The molecule has 1 heterocycles. The van der Waals surface area contributed by atoms with Gasteiger partial charge in [0.05, 0.1) is 0 Å². The summed E-state index contributed by atoms with van der Waals surface area (Å²) in [5.74, 6) is 2.31. The molecule has 1 aliphatic carbocycles. The zero-order chi connectivity index (χ0) is 13.8. The first kappa shape index (κ1) is 14.3. The third-order valence-electron chi connectivity index (χ3n) is 3.70. The summed E-state index contributed by atoms with van der Waals surface area (Å²) in [7, 11) is 0. The molecule has 0 saturated heterocycles. The predicted octanol–water partition coefficient (Wildman–Crippen LogP) is 2.84. The summed E-state index contributed by atoms with van der Waals surface area (Å²) in [6.45, 7) is 6.45. The monoisotopic (exact) mass is 264 g/mol. The SMILES string of the molecule is Cc1cc(OC2CCC(CO)CC2)nc(C(C)C)n1. The molecule has 0 aliphatic heterocycles. The average Bonchev–Trinajstić information content (AvgIpc) is 2.39. The highest BCUT2D eigenvalue weighted by Crippen LogP contribution is 2.27. The van der Waals surface area contributed by atoms with Crippen LogP contribution in [0, 0.1) is 12.8 Å². The summed E-state index contributed by atoms with van der Waals surface area (Å²) in [4.78, 5) is 8.91. The van der Waals surface area contributed by atoms with E-state index in [1.807, 2.05) is 13.0 Å². The Morgan fingerprint density at radius 2 is 1.95 bits per heavy atom. The Hall–Kier alpha value is -1.16. The molecule has 1 fully saturated rings. The van der Waals surface area contributed by atoms with Crippen LogP contribution in [0.2, 0.25) is 0 Å². The van der Waals surface area contributed by atoms with Gasteiger partial charge < -0.3 is 9.84 Å². The number of aryl methyl sites for hydroxylation is 1. The number of rotatable bonds is 4. The van der Waals surface area contributed by atoms with Crippen molar-refractivity contribution in [2.24, 2.45) is 5.92 Å². The van der Waals surface area contributed by atoms with Crippen molar-refractivity contribution in [1.29, 1.82) is 0 Å². The molecular weight excluding hydrogens is 240 g/mol. The quantitative estimate of drug-likeness (QED) is 0.908. The third-order valence-corrected chi connectivity index (χ3v) is 3.70. The van der Waals surface area contributed by atoms with E-state index < -0.39 is 0 Å². The molecule has 2 rings (SSSR count). The van der Waals surface area contributed by atoms with Crippen LogP contribution in [0.15, 0.2) is 6.07 Å². The Labute approximate surface area is 115 Å². The third kappa shape index (κ3) is 3.90. The molecule has 0 radical (unpaired) electrons. The number of aliphatic hydroxyl groups is 1. The summed E-state index contributed by atoms with van der Waals surface area (Å²) in [6.07, 6.45) is 4.33. The lowest BCUT2D eigenvalue weighted by Gasteiger charge is -2.27. The van der Waals surface area contributed by atoms with Crippen molar-refractivity contribution < 1.29 is 9.84 Å². The van der Waals surface area contributed by atoms with E-state index in [0.29, 0.717) is 24.3 Å². The van der Waals surface area contributed by atoms with Crippen LogP contribution in [0.4, 0.5) is 0 Å². The van der Waals surface area contributed by atoms with Gasteiger partial charge in [0.2, 0.25) is 5.88 Å². The van der Waals surface area contributed by atoms with E-state index in [4.69, 9.17) is 9.84 Å². The largest absolute Gasteiger partial charge is 0.474 e. The van der Waals surface area contributed by atoms with Crippen LogP contribution in [0.3, 0.4) is 0 Å². The van der Waals surface area contributed by atoms with Crippen molar-refractivity contribution in [3.63, 3.8) is 0 Å². The van der Waals surface area contributed by atoms with Crippen molar-refractivity contribution in [3.05, 3.63) is 17.6 Å². The molecule has 1 aliphatic rings. The molecule has 0 atom stereocenters. The van der Waals surface area contributed by atoms with Gasteiger partial charge in [0.15, 0.2) is 0 Å². The summed E-state index contributed by atoms with van der Waals surface area (Å²) in [6, 6.07) is 1.91. The van der Waals surface area contributed by atoms with Gasteiger partial charge in [-0.2, -0.15) is 4.98 Å². The summed E-state index contributed by atoms with van der Waals surface area (Å²) in [5.41, 5.74) is 0.956. The van der Waals surface area contributed by atoms with E-state index in [9.17, 15) is 0 Å². The molecular formula is C15H24N2O2. The van der Waals surface area contributed by atoms with Crippen molar-refractivity contribution in [1.82, 2.24) is 9.97 Å². The van der Waals surface area contributed by atoms with Gasteiger partial charge in [0, 0.05) is 24.3 Å². The van der Waals surface area contributed by atoms with Gasteiger partial charge in [-0.15, -0.1) is 0 Å². The van der Waals surface area contributed by atoms with Crippen LogP contribution in [-0.4, -0.2) is 27.8 Å². The Bertz CT molecular complexity index is 413. The van der Waals surface area contributed by atoms with E-state index in [2.05, 4.69) is 23.8 Å². The molecule has 0 spiro atoms. The Balaban J connectivity index is 1.99. The highest BCUT2D eigenvalue weighted by molar-refractivity contribution is 5.17. The van der Waals surface area contributed by atoms with Gasteiger partial charge in [-0.25, -0.2) is 4.98 Å². The molecule has 1 aromatic rings. The first-order valence-corrected chi connectivity index (χ1v) is 7.21. The summed E-state index contributed by atoms with van der Waals surface area (Å²) in [5, 5.41) is 9.14.